The van der Waals surface area contributed by atoms with Crippen LogP contribution in [-0.2, 0) is 4.79 Å². The quantitative estimate of drug-likeness (QED) is 0.140. The van der Waals surface area contributed by atoms with Gasteiger partial charge in [-0.1, -0.05) is 28.1 Å². The summed E-state index contributed by atoms with van der Waals surface area (Å²) in [5, 5.41) is 14.8. The molecule has 0 saturated heterocycles. The van der Waals surface area contributed by atoms with Crippen molar-refractivity contribution in [3.05, 3.63) is 85.2 Å². The minimum atomic E-state index is -0.713. The van der Waals surface area contributed by atoms with Crippen LogP contribution in [0.4, 0.5) is 5.69 Å². The molecule has 2 aromatic carbocycles. The Hall–Kier alpha value is -3.51. The van der Waals surface area contributed by atoms with Gasteiger partial charge in [-0.05, 0) is 46.3 Å². The summed E-state index contributed by atoms with van der Waals surface area (Å²) in [6, 6.07) is 12.0. The van der Waals surface area contributed by atoms with Gasteiger partial charge in [0.15, 0.2) is 18.1 Å². The molecule has 0 bridgehead atoms. The van der Waals surface area contributed by atoms with Gasteiger partial charge >= 0.3 is 11.7 Å². The standard InChI is InChI=1S/C20H13Br2N3O7/c21-13-8-12(19(14(22)9-13)32-20(27)17-6-3-7-30-17)10-23-24-18(26)11-31-16-5-2-1-4-15(16)25(28)29/h1-10H,11H2,(H,24,26)/b23-10+. The lowest BCUT2D eigenvalue weighted by Crippen LogP contribution is -2.24. The van der Waals surface area contributed by atoms with Gasteiger partial charge in [-0.15, -0.1) is 0 Å². The average molecular weight is 567 g/mol. The summed E-state index contributed by atoms with van der Waals surface area (Å²) in [5.74, 6) is -1.23. The van der Waals surface area contributed by atoms with Crippen molar-refractivity contribution in [2.75, 3.05) is 6.61 Å². The highest BCUT2D eigenvalue weighted by Gasteiger charge is 2.17. The number of hydrogen-bond acceptors (Lipinski definition) is 8. The third kappa shape index (κ3) is 6.02. The van der Waals surface area contributed by atoms with Crippen LogP contribution in [0.5, 0.6) is 11.5 Å². The predicted molar refractivity (Wildman–Crippen MR) is 120 cm³/mol. The maximum Gasteiger partial charge on any atom is 0.379 e. The third-order valence-corrected chi connectivity index (χ3v) is 4.81. The van der Waals surface area contributed by atoms with Crippen LogP contribution in [0.15, 0.2) is 73.3 Å². The number of carbonyl (C=O) groups is 2. The number of ether oxygens (including phenoxy) is 2. The van der Waals surface area contributed by atoms with Crippen molar-refractivity contribution in [3.8, 4) is 11.5 Å². The fraction of sp³-hybridized carbons (Fsp3) is 0.0500. The number of amides is 1. The zero-order chi connectivity index (χ0) is 23.1. The molecule has 1 aromatic heterocycles. The molecule has 0 saturated carbocycles. The van der Waals surface area contributed by atoms with Crippen molar-refractivity contribution < 1.29 is 28.4 Å². The molecule has 1 N–H and O–H groups in total. The van der Waals surface area contributed by atoms with Crippen molar-refractivity contribution in [1.82, 2.24) is 5.43 Å². The number of hydrazone groups is 1. The molecular formula is C20H13Br2N3O7. The van der Waals surface area contributed by atoms with Gasteiger partial charge in [0.1, 0.15) is 0 Å². The summed E-state index contributed by atoms with van der Waals surface area (Å²) in [6.45, 7) is -0.495. The van der Waals surface area contributed by atoms with E-state index in [1.807, 2.05) is 0 Å². The van der Waals surface area contributed by atoms with Gasteiger partial charge in [0, 0.05) is 16.1 Å². The molecule has 1 heterocycles. The van der Waals surface area contributed by atoms with Crippen LogP contribution < -0.4 is 14.9 Å². The van der Waals surface area contributed by atoms with Crippen LogP contribution in [0.25, 0.3) is 0 Å². The highest BCUT2D eigenvalue weighted by Crippen LogP contribution is 2.32. The molecule has 0 aliphatic carbocycles. The Bertz CT molecular complexity index is 1180. The smallest absolute Gasteiger partial charge is 0.379 e. The van der Waals surface area contributed by atoms with Gasteiger partial charge in [-0.2, -0.15) is 5.10 Å². The highest BCUT2D eigenvalue weighted by molar-refractivity contribution is 9.11. The van der Waals surface area contributed by atoms with E-state index in [0.29, 0.717) is 14.5 Å². The van der Waals surface area contributed by atoms with Crippen molar-refractivity contribution in [2.24, 2.45) is 5.10 Å². The number of para-hydroxylation sites is 2. The Morgan fingerprint density at radius 1 is 1.19 bits per heavy atom. The summed E-state index contributed by atoms with van der Waals surface area (Å²) in [7, 11) is 0. The number of esters is 1. The third-order valence-electron chi connectivity index (χ3n) is 3.77. The Morgan fingerprint density at radius 3 is 2.69 bits per heavy atom. The summed E-state index contributed by atoms with van der Waals surface area (Å²) in [5.41, 5.74) is 2.35. The van der Waals surface area contributed by atoms with Crippen LogP contribution >= 0.6 is 31.9 Å². The molecule has 0 fully saturated rings. The van der Waals surface area contributed by atoms with E-state index in [-0.39, 0.29) is 22.9 Å². The number of nitro groups is 1. The van der Waals surface area contributed by atoms with Crippen molar-refractivity contribution in [1.29, 1.82) is 0 Å². The average Bonchev–Trinajstić information content (AvgIpc) is 3.29. The molecule has 0 unspecified atom stereocenters. The molecule has 0 radical (unpaired) electrons. The van der Waals surface area contributed by atoms with Gasteiger partial charge in [0.25, 0.3) is 5.91 Å². The molecule has 0 spiro atoms. The summed E-state index contributed by atoms with van der Waals surface area (Å²) in [4.78, 5) is 34.6. The number of halogens is 2. The number of nitro benzene ring substituents is 1. The predicted octanol–water partition coefficient (Wildman–Crippen LogP) is 4.46. The summed E-state index contributed by atoms with van der Waals surface area (Å²) < 4.78 is 16.7. The fourth-order valence-electron chi connectivity index (χ4n) is 2.40. The first-order chi connectivity index (χ1) is 15.3. The van der Waals surface area contributed by atoms with Gasteiger partial charge in [-0.25, -0.2) is 10.2 Å². The molecule has 10 nitrogen and oxygen atoms in total. The first-order valence-corrected chi connectivity index (χ1v) is 10.4. The van der Waals surface area contributed by atoms with Gasteiger partial charge in [-0.3, -0.25) is 14.9 Å². The van der Waals surface area contributed by atoms with Gasteiger partial charge in [0.05, 0.1) is 21.9 Å². The molecular weight excluding hydrogens is 554 g/mol. The minimum absolute atomic E-state index is 0.0168. The first-order valence-electron chi connectivity index (χ1n) is 8.78. The molecule has 164 valence electrons. The molecule has 0 aliphatic rings. The van der Waals surface area contributed by atoms with E-state index in [1.165, 1.54) is 36.7 Å². The second-order valence-corrected chi connectivity index (χ2v) is 7.75. The number of nitrogens with zero attached hydrogens (tertiary/aromatic N) is 2. The van der Waals surface area contributed by atoms with Gasteiger partial charge in [0.2, 0.25) is 5.76 Å². The maximum atomic E-state index is 12.2. The number of carbonyl (C=O) groups excluding carboxylic acids is 2. The lowest BCUT2D eigenvalue weighted by atomic mass is 10.2. The van der Waals surface area contributed by atoms with Crippen molar-refractivity contribution in [2.45, 2.75) is 0 Å². The second-order valence-electron chi connectivity index (χ2n) is 5.98. The van der Waals surface area contributed by atoms with E-state index in [4.69, 9.17) is 13.9 Å². The highest BCUT2D eigenvalue weighted by atomic mass is 79.9. The molecule has 32 heavy (non-hydrogen) atoms. The SMILES string of the molecule is O=C(COc1ccccc1[N+](=O)[O-])N/N=C/c1cc(Br)cc(Br)c1OC(=O)c1ccco1. The number of furan rings is 1. The zero-order valence-electron chi connectivity index (χ0n) is 16.0. The van der Waals surface area contributed by atoms with Crippen LogP contribution in [-0.4, -0.2) is 29.6 Å². The molecule has 3 rings (SSSR count). The Balaban J connectivity index is 1.66. The van der Waals surface area contributed by atoms with Crippen LogP contribution in [0, 0.1) is 10.1 Å². The fourth-order valence-corrected chi connectivity index (χ4v) is 3.74. The molecule has 0 atom stereocenters. The van der Waals surface area contributed by atoms with E-state index in [1.54, 1.807) is 24.3 Å². The van der Waals surface area contributed by atoms with Gasteiger partial charge < -0.3 is 13.9 Å². The van der Waals surface area contributed by atoms with E-state index in [0.717, 1.165) is 0 Å². The maximum absolute atomic E-state index is 12.2. The summed E-state index contributed by atoms with van der Waals surface area (Å²) in [6.07, 6.45) is 2.61. The topological polar surface area (TPSA) is 133 Å². The summed E-state index contributed by atoms with van der Waals surface area (Å²) >= 11 is 6.65. The minimum Gasteiger partial charge on any atom is -0.477 e. The van der Waals surface area contributed by atoms with Crippen LogP contribution in [0.1, 0.15) is 16.1 Å². The van der Waals surface area contributed by atoms with Crippen LogP contribution in [0.2, 0.25) is 0 Å². The molecule has 1 amide bonds. The lowest BCUT2D eigenvalue weighted by Gasteiger charge is -2.09. The zero-order valence-corrected chi connectivity index (χ0v) is 19.2. The number of hydrogen-bond donors (Lipinski definition) is 1. The number of benzene rings is 2. The van der Waals surface area contributed by atoms with E-state index in [9.17, 15) is 19.7 Å². The molecule has 12 heteroatoms. The normalized spacial score (nSPS) is 10.7. The van der Waals surface area contributed by atoms with E-state index in [2.05, 4.69) is 42.4 Å². The van der Waals surface area contributed by atoms with Crippen LogP contribution in [0.3, 0.4) is 0 Å². The Labute approximate surface area is 197 Å². The van der Waals surface area contributed by atoms with Crippen molar-refractivity contribution in [3.63, 3.8) is 0 Å². The lowest BCUT2D eigenvalue weighted by molar-refractivity contribution is -0.385. The van der Waals surface area contributed by atoms with Crippen molar-refractivity contribution >= 4 is 55.6 Å². The molecule has 0 aliphatic heterocycles. The number of nitrogens with one attached hydrogen (secondary N) is 1. The monoisotopic (exact) mass is 565 g/mol. The molecule has 3 aromatic rings. The Kier molecular flexibility index (Phi) is 7.73. The largest absolute Gasteiger partial charge is 0.477 e. The second kappa shape index (κ2) is 10.7. The van der Waals surface area contributed by atoms with E-state index < -0.39 is 23.4 Å². The van der Waals surface area contributed by atoms with E-state index >= 15 is 0 Å². The Morgan fingerprint density at radius 2 is 1.97 bits per heavy atom. The first kappa shape index (κ1) is 23.2. The number of rotatable bonds is 8.